The van der Waals surface area contributed by atoms with Crippen molar-refractivity contribution in [2.45, 2.75) is 74.9 Å². The second kappa shape index (κ2) is 7.35. The van der Waals surface area contributed by atoms with Gasteiger partial charge in [0.1, 0.15) is 11.9 Å². The summed E-state index contributed by atoms with van der Waals surface area (Å²) in [4.78, 5) is 14.5. The molecule has 1 amide bonds. The summed E-state index contributed by atoms with van der Waals surface area (Å²) >= 11 is 1.40. The Kier molecular flexibility index (Phi) is 5.69. The van der Waals surface area contributed by atoms with Crippen LogP contribution in [-0.2, 0) is 4.79 Å². The number of rotatable bonds is 5. The van der Waals surface area contributed by atoms with Crippen LogP contribution < -0.4 is 0 Å². The fourth-order valence-corrected chi connectivity index (χ4v) is 4.07. The normalized spacial score (nSPS) is 18.4. The first-order valence-electron chi connectivity index (χ1n) is 8.16. The van der Waals surface area contributed by atoms with E-state index in [4.69, 9.17) is 0 Å². The first kappa shape index (κ1) is 17.8. The van der Waals surface area contributed by atoms with E-state index >= 15 is 0 Å². The zero-order valence-electron chi connectivity index (χ0n) is 14.3. The predicted octanol–water partition coefficient (Wildman–Crippen LogP) is 3.02. The summed E-state index contributed by atoms with van der Waals surface area (Å²) in [7, 11) is 1.76. The molecule has 0 aromatic carbocycles. The molecule has 1 saturated carbocycles. The molecule has 0 saturated heterocycles. The van der Waals surface area contributed by atoms with Crippen molar-refractivity contribution in [1.29, 1.82) is 5.26 Å². The van der Waals surface area contributed by atoms with E-state index in [1.807, 2.05) is 11.5 Å². The lowest BCUT2D eigenvalue weighted by Gasteiger charge is -2.40. The Bertz CT molecular complexity index is 586. The average molecular weight is 335 g/mol. The summed E-state index contributed by atoms with van der Waals surface area (Å²) in [6.07, 6.45) is 6.39. The second-order valence-electron chi connectivity index (χ2n) is 6.48. The van der Waals surface area contributed by atoms with Gasteiger partial charge in [0.05, 0.1) is 11.3 Å². The number of nitriles is 1. The van der Waals surface area contributed by atoms with Crippen LogP contribution in [0.3, 0.4) is 0 Å². The second-order valence-corrected chi connectivity index (χ2v) is 7.78. The minimum absolute atomic E-state index is 0.0169. The van der Waals surface area contributed by atoms with Crippen molar-refractivity contribution in [1.82, 2.24) is 19.7 Å². The third-order valence-electron chi connectivity index (χ3n) is 4.59. The smallest absolute Gasteiger partial charge is 0.236 e. The Morgan fingerprint density at radius 3 is 2.61 bits per heavy atom. The number of carbonyl (C=O) groups is 1. The summed E-state index contributed by atoms with van der Waals surface area (Å²) in [6, 6.07) is 2.65. The highest BCUT2D eigenvalue weighted by molar-refractivity contribution is 8.00. The number of amides is 1. The van der Waals surface area contributed by atoms with Crippen LogP contribution in [0.5, 0.6) is 0 Å². The maximum absolute atomic E-state index is 12.8. The molecule has 0 aliphatic heterocycles. The number of hydrogen-bond acceptors (Lipinski definition) is 5. The molecular weight excluding hydrogens is 310 g/mol. The molecule has 1 heterocycles. The van der Waals surface area contributed by atoms with Crippen LogP contribution in [0.2, 0.25) is 0 Å². The van der Waals surface area contributed by atoms with E-state index in [2.05, 4.69) is 30.1 Å². The molecule has 1 aromatic rings. The number of nitrogens with zero attached hydrogens (tertiary/aromatic N) is 5. The number of aromatic nitrogens is 3. The summed E-state index contributed by atoms with van der Waals surface area (Å²) in [5, 5.41) is 18.1. The van der Waals surface area contributed by atoms with Crippen molar-refractivity contribution in [2.75, 3.05) is 7.05 Å². The molecule has 1 aromatic heterocycles. The van der Waals surface area contributed by atoms with Gasteiger partial charge in [-0.05, 0) is 33.6 Å². The van der Waals surface area contributed by atoms with Gasteiger partial charge in [0.2, 0.25) is 5.91 Å². The van der Waals surface area contributed by atoms with Crippen molar-refractivity contribution in [3.05, 3.63) is 6.33 Å². The summed E-state index contributed by atoms with van der Waals surface area (Å²) in [5.74, 6) is -0.0169. The third kappa shape index (κ3) is 3.69. The van der Waals surface area contributed by atoms with Crippen molar-refractivity contribution in [3.63, 3.8) is 0 Å². The van der Waals surface area contributed by atoms with Crippen molar-refractivity contribution < 1.29 is 4.79 Å². The van der Waals surface area contributed by atoms with Crippen molar-refractivity contribution >= 4 is 17.7 Å². The number of carbonyl (C=O) groups excluding carboxylic acids is 1. The van der Waals surface area contributed by atoms with E-state index in [0.717, 1.165) is 37.3 Å². The summed E-state index contributed by atoms with van der Waals surface area (Å²) in [5.41, 5.74) is -0.643. The largest absolute Gasteiger partial charge is 0.326 e. The van der Waals surface area contributed by atoms with Crippen LogP contribution in [0.15, 0.2) is 11.5 Å². The predicted molar refractivity (Wildman–Crippen MR) is 89.9 cm³/mol. The molecule has 1 aliphatic carbocycles. The first-order valence-corrected chi connectivity index (χ1v) is 9.04. The SMILES string of the molecule is CC(Sc1nncn1C(C)C)C(=O)N(C)C1(C#N)CCCCC1. The van der Waals surface area contributed by atoms with Gasteiger partial charge in [-0.25, -0.2) is 0 Å². The van der Waals surface area contributed by atoms with Gasteiger partial charge in [-0.1, -0.05) is 31.0 Å². The number of hydrogen-bond donors (Lipinski definition) is 0. The zero-order valence-corrected chi connectivity index (χ0v) is 15.1. The van der Waals surface area contributed by atoms with Gasteiger partial charge >= 0.3 is 0 Å². The Balaban J connectivity index is 2.09. The van der Waals surface area contributed by atoms with Gasteiger partial charge in [-0.2, -0.15) is 5.26 Å². The highest BCUT2D eigenvalue weighted by atomic mass is 32.2. The van der Waals surface area contributed by atoms with Gasteiger partial charge in [0.15, 0.2) is 5.16 Å². The zero-order chi connectivity index (χ0) is 17.0. The average Bonchev–Trinajstić information content (AvgIpc) is 3.02. The lowest BCUT2D eigenvalue weighted by Crippen LogP contribution is -2.52. The minimum atomic E-state index is -0.643. The maximum atomic E-state index is 12.8. The molecule has 0 bridgehead atoms. The Morgan fingerprint density at radius 1 is 1.39 bits per heavy atom. The number of thioether (sulfide) groups is 1. The molecule has 7 heteroatoms. The standard InChI is InChI=1S/C16H25N5OS/c1-12(2)21-11-18-19-15(21)23-13(3)14(22)20(4)16(10-17)8-6-5-7-9-16/h11-13H,5-9H2,1-4H3. The molecule has 1 atom stereocenters. The quantitative estimate of drug-likeness (QED) is 0.773. The van der Waals surface area contributed by atoms with E-state index in [1.165, 1.54) is 11.8 Å². The van der Waals surface area contributed by atoms with Crippen molar-refractivity contribution in [3.8, 4) is 6.07 Å². The third-order valence-corrected chi connectivity index (χ3v) is 5.65. The van der Waals surface area contributed by atoms with Crippen LogP contribution in [0.4, 0.5) is 0 Å². The maximum Gasteiger partial charge on any atom is 0.236 e. The van der Waals surface area contributed by atoms with Crippen LogP contribution in [0.25, 0.3) is 0 Å². The van der Waals surface area contributed by atoms with Crippen LogP contribution in [0, 0.1) is 11.3 Å². The molecule has 0 radical (unpaired) electrons. The molecule has 1 aliphatic rings. The van der Waals surface area contributed by atoms with Gasteiger partial charge < -0.3 is 9.47 Å². The monoisotopic (exact) mass is 335 g/mol. The highest BCUT2D eigenvalue weighted by Gasteiger charge is 2.40. The van der Waals surface area contributed by atoms with E-state index < -0.39 is 5.54 Å². The van der Waals surface area contributed by atoms with Gasteiger partial charge in [0.25, 0.3) is 0 Å². The fourth-order valence-electron chi connectivity index (χ4n) is 3.02. The van der Waals surface area contributed by atoms with Gasteiger partial charge in [-0.3, -0.25) is 4.79 Å². The Labute approximate surface area is 142 Å². The van der Waals surface area contributed by atoms with Crippen molar-refractivity contribution in [2.24, 2.45) is 0 Å². The van der Waals surface area contributed by atoms with E-state index in [0.29, 0.717) is 0 Å². The van der Waals surface area contributed by atoms with Gasteiger partial charge in [0, 0.05) is 13.1 Å². The molecule has 1 unspecified atom stereocenters. The highest BCUT2D eigenvalue weighted by Crippen LogP contribution is 2.34. The van der Waals surface area contributed by atoms with E-state index in [-0.39, 0.29) is 17.2 Å². The summed E-state index contributed by atoms with van der Waals surface area (Å²) in [6.45, 7) is 5.98. The lowest BCUT2D eigenvalue weighted by atomic mass is 9.81. The fraction of sp³-hybridized carbons (Fsp3) is 0.750. The van der Waals surface area contributed by atoms with Crippen LogP contribution in [0.1, 0.15) is 58.9 Å². The van der Waals surface area contributed by atoms with Gasteiger partial charge in [-0.15, -0.1) is 10.2 Å². The molecule has 6 nitrogen and oxygen atoms in total. The molecule has 23 heavy (non-hydrogen) atoms. The minimum Gasteiger partial charge on any atom is -0.326 e. The Morgan fingerprint density at radius 2 is 2.04 bits per heavy atom. The molecule has 2 rings (SSSR count). The van der Waals surface area contributed by atoms with Crippen LogP contribution >= 0.6 is 11.8 Å². The molecule has 0 N–H and O–H groups in total. The molecule has 1 fully saturated rings. The topological polar surface area (TPSA) is 74.8 Å². The summed E-state index contributed by atoms with van der Waals surface area (Å²) < 4.78 is 1.95. The van der Waals surface area contributed by atoms with E-state index in [1.54, 1.807) is 18.3 Å². The molecular formula is C16H25N5OS. The molecule has 0 spiro atoms. The van der Waals surface area contributed by atoms with Crippen LogP contribution in [-0.4, -0.2) is 43.4 Å². The first-order chi connectivity index (χ1) is 10.9. The molecule has 126 valence electrons. The Hall–Kier alpha value is -1.55. The lowest BCUT2D eigenvalue weighted by molar-refractivity contribution is -0.133. The van der Waals surface area contributed by atoms with E-state index in [9.17, 15) is 10.1 Å².